The number of carbonyl (C=O) groups is 1. The Kier molecular flexibility index (Phi) is 4.66. The second-order valence-corrected chi connectivity index (χ2v) is 8.91. The average molecular weight is 426 g/mol. The van der Waals surface area contributed by atoms with E-state index in [0.29, 0.717) is 13.1 Å². The topological polar surface area (TPSA) is 87.0 Å². The molecule has 0 radical (unpaired) electrons. The number of pyridine rings is 1. The Bertz CT molecular complexity index is 1220. The Hall–Kier alpha value is -2.61. The lowest BCUT2D eigenvalue weighted by Crippen LogP contribution is -2.37. The molecule has 1 aliphatic heterocycles. The third-order valence-corrected chi connectivity index (χ3v) is 6.71. The number of aromatic amines is 1. The molecule has 4 heterocycles. The minimum Gasteiger partial charge on any atom is -0.397 e. The van der Waals surface area contributed by atoms with Gasteiger partial charge >= 0.3 is 0 Å². The first-order valence-electron chi connectivity index (χ1n) is 9.49. The first-order valence-corrected chi connectivity index (χ1v) is 10.7. The molecule has 1 aliphatic rings. The van der Waals surface area contributed by atoms with Crippen molar-refractivity contribution in [2.75, 3.05) is 12.3 Å². The van der Waals surface area contributed by atoms with E-state index in [9.17, 15) is 4.79 Å². The molecular weight excluding hydrogens is 406 g/mol. The molecular formula is C21H20ClN5OS. The molecule has 1 amide bonds. The summed E-state index contributed by atoms with van der Waals surface area (Å²) in [5.74, 6) is 0.141. The maximum atomic E-state index is 12.8. The second kappa shape index (κ2) is 7.33. The number of benzene rings is 1. The predicted octanol–water partition coefficient (Wildman–Crippen LogP) is 3.90. The van der Waals surface area contributed by atoms with Gasteiger partial charge in [-0.05, 0) is 42.8 Å². The van der Waals surface area contributed by atoms with Crippen molar-refractivity contribution in [1.29, 1.82) is 0 Å². The van der Waals surface area contributed by atoms with Crippen LogP contribution in [0.5, 0.6) is 0 Å². The number of likely N-dealkylation sites (tertiary alicyclic amines) is 1. The van der Waals surface area contributed by atoms with E-state index in [1.165, 1.54) is 0 Å². The smallest absolute Gasteiger partial charge is 0.240 e. The Balaban J connectivity index is 1.23. The SMILES string of the molecule is Nc1ccnc2cc(CN3CCC(NCc4cc5cc(Cl)ccc5[nH]4)C3=O)sc12. The number of H-pyrrole nitrogens is 1. The molecule has 4 N–H and O–H groups in total. The van der Waals surface area contributed by atoms with Gasteiger partial charge in [0.25, 0.3) is 0 Å². The highest BCUT2D eigenvalue weighted by Gasteiger charge is 2.31. The Morgan fingerprint density at radius 3 is 3.07 bits per heavy atom. The van der Waals surface area contributed by atoms with Gasteiger partial charge in [0.1, 0.15) is 0 Å². The van der Waals surface area contributed by atoms with Crippen LogP contribution in [0.2, 0.25) is 5.02 Å². The summed E-state index contributed by atoms with van der Waals surface area (Å²) in [5, 5.41) is 5.18. The van der Waals surface area contributed by atoms with E-state index >= 15 is 0 Å². The molecule has 1 atom stereocenters. The van der Waals surface area contributed by atoms with Crippen LogP contribution in [0, 0.1) is 0 Å². The highest BCUT2D eigenvalue weighted by atomic mass is 35.5. The molecule has 8 heteroatoms. The Morgan fingerprint density at radius 1 is 1.31 bits per heavy atom. The number of thiophene rings is 1. The zero-order valence-corrected chi connectivity index (χ0v) is 17.2. The lowest BCUT2D eigenvalue weighted by molar-refractivity contribution is -0.129. The van der Waals surface area contributed by atoms with E-state index in [0.717, 1.165) is 55.4 Å². The van der Waals surface area contributed by atoms with E-state index < -0.39 is 0 Å². The number of anilines is 1. The van der Waals surface area contributed by atoms with Gasteiger partial charge in [0, 0.05) is 45.8 Å². The van der Waals surface area contributed by atoms with Crippen molar-refractivity contribution < 1.29 is 4.79 Å². The van der Waals surface area contributed by atoms with Crippen molar-refractivity contribution in [2.45, 2.75) is 25.6 Å². The van der Waals surface area contributed by atoms with Gasteiger partial charge in [0.2, 0.25) is 5.91 Å². The van der Waals surface area contributed by atoms with Crippen LogP contribution in [-0.4, -0.2) is 33.4 Å². The molecule has 1 fully saturated rings. The quantitative estimate of drug-likeness (QED) is 0.452. The van der Waals surface area contributed by atoms with Crippen LogP contribution < -0.4 is 11.1 Å². The van der Waals surface area contributed by atoms with Gasteiger partial charge in [-0.25, -0.2) is 0 Å². The number of rotatable bonds is 5. The highest BCUT2D eigenvalue weighted by molar-refractivity contribution is 7.19. The van der Waals surface area contributed by atoms with Crippen LogP contribution in [0.25, 0.3) is 21.1 Å². The van der Waals surface area contributed by atoms with Crippen molar-refractivity contribution in [3.8, 4) is 0 Å². The largest absolute Gasteiger partial charge is 0.397 e. The minimum absolute atomic E-state index is 0.141. The minimum atomic E-state index is -0.164. The molecule has 4 aromatic rings. The van der Waals surface area contributed by atoms with Crippen LogP contribution in [0.1, 0.15) is 17.0 Å². The molecule has 0 spiro atoms. The molecule has 5 rings (SSSR count). The fourth-order valence-corrected chi connectivity index (χ4v) is 5.09. The average Bonchev–Trinajstić information content (AvgIpc) is 3.38. The van der Waals surface area contributed by atoms with Crippen molar-refractivity contribution in [3.05, 3.63) is 58.2 Å². The number of hydrogen-bond acceptors (Lipinski definition) is 5. The molecule has 3 aromatic heterocycles. The number of nitrogens with one attached hydrogen (secondary N) is 2. The number of hydrogen-bond donors (Lipinski definition) is 3. The lowest BCUT2D eigenvalue weighted by Gasteiger charge is -2.16. The van der Waals surface area contributed by atoms with Gasteiger partial charge < -0.3 is 20.9 Å². The summed E-state index contributed by atoms with van der Waals surface area (Å²) in [6, 6.07) is 11.5. The van der Waals surface area contributed by atoms with Gasteiger partial charge in [-0.2, -0.15) is 0 Å². The number of halogens is 1. The Labute approximate surface area is 176 Å². The third-order valence-electron chi connectivity index (χ3n) is 5.32. The van der Waals surface area contributed by atoms with Gasteiger partial charge in [0.05, 0.1) is 28.5 Å². The molecule has 1 unspecified atom stereocenters. The van der Waals surface area contributed by atoms with Crippen molar-refractivity contribution >= 4 is 55.7 Å². The molecule has 1 saturated heterocycles. The molecule has 0 bridgehead atoms. The first kappa shape index (κ1) is 18.4. The van der Waals surface area contributed by atoms with E-state index in [2.05, 4.69) is 21.4 Å². The summed E-state index contributed by atoms with van der Waals surface area (Å²) in [6.45, 7) is 1.96. The van der Waals surface area contributed by atoms with Gasteiger partial charge in [0.15, 0.2) is 0 Å². The van der Waals surface area contributed by atoms with Gasteiger partial charge in [-0.15, -0.1) is 11.3 Å². The number of fused-ring (bicyclic) bond motifs is 2. The monoisotopic (exact) mass is 425 g/mol. The summed E-state index contributed by atoms with van der Waals surface area (Å²) in [6.07, 6.45) is 2.52. The summed E-state index contributed by atoms with van der Waals surface area (Å²) in [7, 11) is 0. The number of amides is 1. The van der Waals surface area contributed by atoms with Crippen LogP contribution in [0.4, 0.5) is 5.69 Å². The fraction of sp³-hybridized carbons (Fsp3) is 0.238. The number of aromatic nitrogens is 2. The highest BCUT2D eigenvalue weighted by Crippen LogP contribution is 2.30. The van der Waals surface area contributed by atoms with E-state index in [-0.39, 0.29) is 11.9 Å². The number of carbonyl (C=O) groups excluding carboxylic acids is 1. The molecule has 0 saturated carbocycles. The standard InChI is InChI=1S/C21H20ClN5OS/c22-13-1-2-17-12(7-13)8-14(26-17)10-25-18-4-6-27(21(18)28)11-15-9-19-20(29-15)16(23)3-5-24-19/h1-3,5,7-9,18,25-26H,4,6,10-11H2,(H2,23,24). The molecule has 29 heavy (non-hydrogen) atoms. The number of nitrogens with two attached hydrogens (primary N) is 1. The Morgan fingerprint density at radius 2 is 2.21 bits per heavy atom. The van der Waals surface area contributed by atoms with E-state index in [4.69, 9.17) is 17.3 Å². The predicted molar refractivity (Wildman–Crippen MR) is 118 cm³/mol. The molecule has 148 valence electrons. The molecule has 0 aliphatic carbocycles. The lowest BCUT2D eigenvalue weighted by atomic mass is 10.2. The summed E-state index contributed by atoms with van der Waals surface area (Å²) < 4.78 is 0.989. The zero-order chi connectivity index (χ0) is 20.0. The van der Waals surface area contributed by atoms with Crippen LogP contribution in [0.3, 0.4) is 0 Å². The van der Waals surface area contributed by atoms with Crippen molar-refractivity contribution in [1.82, 2.24) is 20.2 Å². The van der Waals surface area contributed by atoms with E-state index in [1.807, 2.05) is 35.2 Å². The summed E-state index contributed by atoms with van der Waals surface area (Å²) in [5.41, 5.74) is 9.74. The second-order valence-electron chi connectivity index (χ2n) is 7.34. The van der Waals surface area contributed by atoms with Crippen molar-refractivity contribution in [2.24, 2.45) is 0 Å². The van der Waals surface area contributed by atoms with Crippen LogP contribution in [0.15, 0.2) is 42.6 Å². The summed E-state index contributed by atoms with van der Waals surface area (Å²) in [4.78, 5) is 23.6. The number of nitrogens with zero attached hydrogens (tertiary/aromatic N) is 2. The van der Waals surface area contributed by atoms with E-state index in [1.54, 1.807) is 17.5 Å². The summed E-state index contributed by atoms with van der Waals surface area (Å²) >= 11 is 7.67. The van der Waals surface area contributed by atoms with Crippen LogP contribution in [-0.2, 0) is 17.9 Å². The maximum absolute atomic E-state index is 12.8. The van der Waals surface area contributed by atoms with Gasteiger partial charge in [-0.3, -0.25) is 9.78 Å². The number of nitrogen functional groups attached to an aromatic ring is 1. The van der Waals surface area contributed by atoms with Gasteiger partial charge in [-0.1, -0.05) is 11.6 Å². The van der Waals surface area contributed by atoms with Crippen LogP contribution >= 0.6 is 22.9 Å². The third kappa shape index (κ3) is 3.57. The normalized spacial score (nSPS) is 17.1. The zero-order valence-electron chi connectivity index (χ0n) is 15.6. The maximum Gasteiger partial charge on any atom is 0.240 e. The van der Waals surface area contributed by atoms with Crippen molar-refractivity contribution in [3.63, 3.8) is 0 Å². The fourth-order valence-electron chi connectivity index (χ4n) is 3.85. The molecule has 1 aromatic carbocycles. The molecule has 6 nitrogen and oxygen atoms in total. The first-order chi connectivity index (χ1) is 14.1.